The molecule has 1 N–H and O–H groups in total. The lowest BCUT2D eigenvalue weighted by Crippen LogP contribution is -2.13. The summed E-state index contributed by atoms with van der Waals surface area (Å²) in [6.07, 6.45) is 0. The third-order valence-electron chi connectivity index (χ3n) is 3.68. The molecule has 0 saturated carbocycles. The quantitative estimate of drug-likeness (QED) is 0.878. The Morgan fingerprint density at radius 1 is 1.14 bits per heavy atom. The van der Waals surface area contributed by atoms with Crippen LogP contribution in [0.5, 0.6) is 5.75 Å². The lowest BCUT2D eigenvalue weighted by atomic mass is 9.88. The molecule has 1 aliphatic rings. The van der Waals surface area contributed by atoms with Gasteiger partial charge in [-0.15, -0.1) is 0 Å². The van der Waals surface area contributed by atoms with Crippen molar-refractivity contribution in [2.45, 2.75) is 12.8 Å². The minimum absolute atomic E-state index is 0.00182. The van der Waals surface area contributed by atoms with E-state index in [1.165, 1.54) is 6.07 Å². The number of rotatable bonds is 3. The van der Waals surface area contributed by atoms with Crippen LogP contribution in [-0.2, 0) is 0 Å². The van der Waals surface area contributed by atoms with E-state index in [1.54, 1.807) is 30.3 Å². The number of benzene rings is 2. The molecule has 0 fully saturated rings. The fourth-order valence-corrected chi connectivity index (χ4v) is 2.67. The molecule has 3 rings (SSSR count). The molecule has 0 spiro atoms. The second-order valence-electron chi connectivity index (χ2n) is 5.11. The molecule has 0 saturated heterocycles. The molecule has 1 aliphatic heterocycles. The summed E-state index contributed by atoms with van der Waals surface area (Å²) in [7, 11) is 0. The molecule has 1 unspecified atom stereocenters. The van der Waals surface area contributed by atoms with Gasteiger partial charge in [-0.25, -0.2) is 4.79 Å². The Balaban J connectivity index is 2.23. The van der Waals surface area contributed by atoms with E-state index in [0.29, 0.717) is 23.5 Å². The van der Waals surface area contributed by atoms with Gasteiger partial charge in [0, 0.05) is 22.6 Å². The first-order valence-electron chi connectivity index (χ1n) is 6.72. The zero-order chi connectivity index (χ0) is 15.0. The third kappa shape index (κ3) is 2.18. The van der Waals surface area contributed by atoms with Crippen molar-refractivity contribution in [3.63, 3.8) is 0 Å². The molecular formula is C17H14O4. The summed E-state index contributed by atoms with van der Waals surface area (Å²) >= 11 is 0. The summed E-state index contributed by atoms with van der Waals surface area (Å²) in [5, 5.41) is 9.39. The number of aromatic carboxylic acids is 1. The van der Waals surface area contributed by atoms with Crippen LogP contribution in [0.25, 0.3) is 0 Å². The highest BCUT2D eigenvalue weighted by Gasteiger charge is 2.31. The second-order valence-corrected chi connectivity index (χ2v) is 5.11. The summed E-state index contributed by atoms with van der Waals surface area (Å²) < 4.78 is 5.53. The lowest BCUT2D eigenvalue weighted by molar-refractivity contribution is 0.0692. The Kier molecular flexibility index (Phi) is 3.22. The predicted octanol–water partition coefficient (Wildman–Crippen LogP) is 3.11. The Hall–Kier alpha value is -2.62. The van der Waals surface area contributed by atoms with E-state index < -0.39 is 5.97 Å². The van der Waals surface area contributed by atoms with Gasteiger partial charge in [0.2, 0.25) is 0 Å². The molecule has 1 atom stereocenters. The maximum absolute atomic E-state index is 12.8. The summed E-state index contributed by atoms with van der Waals surface area (Å²) in [5.41, 5.74) is 1.45. The van der Waals surface area contributed by atoms with Gasteiger partial charge in [0.25, 0.3) is 0 Å². The van der Waals surface area contributed by atoms with Gasteiger partial charge in [-0.2, -0.15) is 0 Å². The number of carbonyl (C=O) groups excluding carboxylic acids is 1. The zero-order valence-electron chi connectivity index (χ0n) is 11.5. The van der Waals surface area contributed by atoms with Crippen LogP contribution < -0.4 is 4.74 Å². The Labute approximate surface area is 122 Å². The predicted molar refractivity (Wildman–Crippen MR) is 77.2 cm³/mol. The van der Waals surface area contributed by atoms with Crippen molar-refractivity contribution in [1.29, 1.82) is 0 Å². The third-order valence-corrected chi connectivity index (χ3v) is 3.68. The first-order valence-corrected chi connectivity index (χ1v) is 6.72. The van der Waals surface area contributed by atoms with Gasteiger partial charge in [0.1, 0.15) is 5.75 Å². The summed E-state index contributed by atoms with van der Waals surface area (Å²) in [6, 6.07) is 11.8. The van der Waals surface area contributed by atoms with E-state index in [-0.39, 0.29) is 22.8 Å². The van der Waals surface area contributed by atoms with Crippen LogP contribution in [0.4, 0.5) is 0 Å². The van der Waals surface area contributed by atoms with E-state index in [1.807, 2.05) is 13.0 Å². The topological polar surface area (TPSA) is 63.6 Å². The molecule has 21 heavy (non-hydrogen) atoms. The Morgan fingerprint density at radius 3 is 2.52 bits per heavy atom. The zero-order valence-corrected chi connectivity index (χ0v) is 11.5. The Bertz CT molecular complexity index is 719. The van der Waals surface area contributed by atoms with Gasteiger partial charge in [0.05, 0.1) is 12.2 Å². The van der Waals surface area contributed by atoms with Crippen LogP contribution in [0.1, 0.15) is 44.7 Å². The summed E-state index contributed by atoms with van der Waals surface area (Å²) in [4.78, 5) is 24.2. The summed E-state index contributed by atoms with van der Waals surface area (Å²) in [5.74, 6) is -0.771. The maximum Gasteiger partial charge on any atom is 0.336 e. The molecule has 0 aromatic heterocycles. The number of carbonyl (C=O) groups is 2. The van der Waals surface area contributed by atoms with Crippen LogP contribution >= 0.6 is 0 Å². The summed E-state index contributed by atoms with van der Waals surface area (Å²) in [6.45, 7) is 2.40. The molecule has 0 amide bonds. The smallest absolute Gasteiger partial charge is 0.336 e. The first kappa shape index (κ1) is 13.4. The van der Waals surface area contributed by atoms with Gasteiger partial charge in [-0.3, -0.25) is 4.79 Å². The van der Waals surface area contributed by atoms with Crippen LogP contribution in [0.3, 0.4) is 0 Å². The van der Waals surface area contributed by atoms with Crippen molar-refractivity contribution in [3.05, 3.63) is 64.7 Å². The van der Waals surface area contributed by atoms with Gasteiger partial charge < -0.3 is 9.84 Å². The van der Waals surface area contributed by atoms with Crippen LogP contribution in [0.15, 0.2) is 42.5 Å². The number of carboxylic acids is 1. The minimum Gasteiger partial charge on any atom is -0.493 e. The minimum atomic E-state index is -1.10. The van der Waals surface area contributed by atoms with Gasteiger partial charge >= 0.3 is 5.97 Å². The molecule has 4 heteroatoms. The number of ketones is 1. The largest absolute Gasteiger partial charge is 0.493 e. The number of fused-ring (bicyclic) bond motifs is 1. The van der Waals surface area contributed by atoms with E-state index in [9.17, 15) is 14.7 Å². The first-order chi connectivity index (χ1) is 10.1. The average Bonchev–Trinajstić information content (AvgIpc) is 2.88. The molecule has 0 bridgehead atoms. The van der Waals surface area contributed by atoms with Crippen molar-refractivity contribution < 1.29 is 19.4 Å². The molecule has 1 heterocycles. The van der Waals surface area contributed by atoms with Crippen LogP contribution in [0, 0.1) is 0 Å². The highest BCUT2D eigenvalue weighted by molar-refractivity contribution is 6.15. The molecule has 0 radical (unpaired) electrons. The number of hydrogen-bond donors (Lipinski definition) is 1. The van der Waals surface area contributed by atoms with Crippen LogP contribution in [-0.4, -0.2) is 23.5 Å². The normalized spacial score (nSPS) is 16.1. The number of hydrogen-bond acceptors (Lipinski definition) is 3. The van der Waals surface area contributed by atoms with Gasteiger partial charge in [0.15, 0.2) is 5.78 Å². The highest BCUT2D eigenvalue weighted by atomic mass is 16.5. The number of ether oxygens (including phenoxy) is 1. The van der Waals surface area contributed by atoms with Crippen molar-refractivity contribution in [2.75, 3.05) is 6.61 Å². The molecular weight excluding hydrogens is 268 g/mol. The molecule has 0 aliphatic carbocycles. The molecule has 2 aromatic rings. The van der Waals surface area contributed by atoms with E-state index in [0.717, 1.165) is 0 Å². The van der Waals surface area contributed by atoms with Crippen LogP contribution in [0.2, 0.25) is 0 Å². The molecule has 2 aromatic carbocycles. The lowest BCUT2D eigenvalue weighted by Gasteiger charge is -2.12. The van der Waals surface area contributed by atoms with Gasteiger partial charge in [-0.1, -0.05) is 37.3 Å². The van der Waals surface area contributed by atoms with Gasteiger partial charge in [-0.05, 0) is 12.1 Å². The second kappa shape index (κ2) is 5.05. The van der Waals surface area contributed by atoms with Crippen molar-refractivity contribution in [2.24, 2.45) is 0 Å². The molecule has 106 valence electrons. The maximum atomic E-state index is 12.8. The highest BCUT2D eigenvalue weighted by Crippen LogP contribution is 2.38. The van der Waals surface area contributed by atoms with Crippen molar-refractivity contribution in [3.8, 4) is 5.75 Å². The SMILES string of the molecule is CC1COc2ccc(C(=O)O)c(C(=O)c3ccccc3)c21. The Morgan fingerprint density at radius 2 is 1.86 bits per heavy atom. The average molecular weight is 282 g/mol. The monoisotopic (exact) mass is 282 g/mol. The van der Waals surface area contributed by atoms with Crippen molar-refractivity contribution in [1.82, 2.24) is 0 Å². The molecule has 4 nitrogen and oxygen atoms in total. The van der Waals surface area contributed by atoms with E-state index in [2.05, 4.69) is 0 Å². The fourth-order valence-electron chi connectivity index (χ4n) is 2.67. The van der Waals surface area contributed by atoms with Crippen molar-refractivity contribution >= 4 is 11.8 Å². The van der Waals surface area contributed by atoms with E-state index >= 15 is 0 Å². The fraction of sp³-hybridized carbons (Fsp3) is 0.176. The number of carboxylic acid groups (broad SMARTS) is 1. The van der Waals surface area contributed by atoms with E-state index in [4.69, 9.17) is 4.74 Å². The standard InChI is InChI=1S/C17H14O4/c1-10-9-21-13-8-7-12(17(19)20)15(14(10)13)16(18)11-5-3-2-4-6-11/h2-8,10H,9H2,1H3,(H,19,20).